The van der Waals surface area contributed by atoms with E-state index in [9.17, 15) is 9.59 Å². The van der Waals surface area contributed by atoms with Crippen molar-refractivity contribution in [2.45, 2.75) is 0 Å². The quantitative estimate of drug-likeness (QED) is 0.667. The molecular weight excluding hydrogens is 320 g/mol. The highest BCUT2D eigenvalue weighted by Gasteiger charge is 2.10. The van der Waals surface area contributed by atoms with Crippen molar-refractivity contribution in [1.29, 1.82) is 0 Å². The van der Waals surface area contributed by atoms with Crippen molar-refractivity contribution in [2.24, 2.45) is 0 Å². The Bertz CT molecular complexity index is 675. The van der Waals surface area contributed by atoms with Crippen LogP contribution in [0.25, 0.3) is 0 Å². The molecule has 2 rings (SSSR count). The number of benzene rings is 2. The highest BCUT2D eigenvalue weighted by Crippen LogP contribution is 2.23. The second kappa shape index (κ2) is 8.28. The highest BCUT2D eigenvalue weighted by atomic mass is 16.5. The Morgan fingerprint density at radius 2 is 1.08 bits per heavy atom. The third-order valence-corrected chi connectivity index (χ3v) is 2.87. The van der Waals surface area contributed by atoms with Gasteiger partial charge in [-0.2, -0.15) is 0 Å². The molecule has 2 aromatic rings. The third-order valence-electron chi connectivity index (χ3n) is 2.87. The van der Waals surface area contributed by atoms with Crippen molar-refractivity contribution in [3.8, 4) is 23.0 Å². The fraction of sp³-hybridized carbons (Fsp3) is 0.125. The maximum Gasteiger partial charge on any atom is 0.339 e. The molecule has 0 bridgehead atoms. The van der Waals surface area contributed by atoms with Crippen molar-refractivity contribution in [1.82, 2.24) is 0 Å². The van der Waals surface area contributed by atoms with E-state index in [0.29, 0.717) is 11.5 Å². The molecule has 0 radical (unpaired) electrons. The number of carboxylic acids is 2. The molecule has 0 aromatic heterocycles. The summed E-state index contributed by atoms with van der Waals surface area (Å²) in [6.45, 7) is 0. The van der Waals surface area contributed by atoms with Crippen LogP contribution in [-0.4, -0.2) is 46.6 Å². The average Bonchev–Trinajstić information content (AvgIpc) is 2.56. The highest BCUT2D eigenvalue weighted by molar-refractivity contribution is 5.91. The normalized spacial score (nSPS) is 9.42. The number of ether oxygens (including phenoxy) is 2. The summed E-state index contributed by atoms with van der Waals surface area (Å²) in [7, 11) is 2.86. The van der Waals surface area contributed by atoms with Crippen LogP contribution < -0.4 is 9.47 Å². The predicted octanol–water partition coefficient (Wildman–Crippen LogP) is 2.20. The van der Waals surface area contributed by atoms with E-state index in [1.54, 1.807) is 0 Å². The van der Waals surface area contributed by atoms with Crippen LogP contribution in [0, 0.1) is 0 Å². The molecule has 128 valence electrons. The van der Waals surface area contributed by atoms with Crippen LogP contribution in [-0.2, 0) is 0 Å². The van der Waals surface area contributed by atoms with Gasteiger partial charge in [-0.25, -0.2) is 9.59 Å². The number of rotatable bonds is 4. The van der Waals surface area contributed by atoms with Gasteiger partial charge in [0.2, 0.25) is 0 Å². The number of hydrogen-bond acceptors (Lipinski definition) is 6. The Labute approximate surface area is 137 Å². The lowest BCUT2D eigenvalue weighted by Gasteiger charge is -2.02. The summed E-state index contributed by atoms with van der Waals surface area (Å²) >= 11 is 0. The molecule has 0 heterocycles. The molecule has 8 nitrogen and oxygen atoms in total. The topological polar surface area (TPSA) is 134 Å². The number of aromatic hydroxyl groups is 2. The molecule has 4 N–H and O–H groups in total. The van der Waals surface area contributed by atoms with Crippen LogP contribution >= 0.6 is 0 Å². The molecule has 0 spiro atoms. The van der Waals surface area contributed by atoms with Crippen molar-refractivity contribution < 1.29 is 39.5 Å². The zero-order chi connectivity index (χ0) is 18.3. The van der Waals surface area contributed by atoms with Gasteiger partial charge in [-0.05, 0) is 36.4 Å². The van der Waals surface area contributed by atoms with E-state index in [0.717, 1.165) is 0 Å². The lowest BCUT2D eigenvalue weighted by Crippen LogP contribution is -1.97. The van der Waals surface area contributed by atoms with Crippen LogP contribution in [0.15, 0.2) is 36.4 Å². The van der Waals surface area contributed by atoms with E-state index >= 15 is 0 Å². The maximum absolute atomic E-state index is 10.5. The van der Waals surface area contributed by atoms with Crippen molar-refractivity contribution in [3.63, 3.8) is 0 Å². The fourth-order valence-electron chi connectivity index (χ4n) is 1.63. The second-order valence-electron chi connectivity index (χ2n) is 4.38. The number of hydrogen-bond donors (Lipinski definition) is 4. The Hall–Kier alpha value is -3.42. The molecule has 0 aliphatic rings. The summed E-state index contributed by atoms with van der Waals surface area (Å²) in [6, 6.07) is 8.06. The molecule has 2 aromatic carbocycles. The zero-order valence-corrected chi connectivity index (χ0v) is 12.9. The van der Waals surface area contributed by atoms with E-state index < -0.39 is 11.9 Å². The van der Waals surface area contributed by atoms with E-state index in [-0.39, 0.29) is 22.6 Å². The average molecular weight is 336 g/mol. The van der Waals surface area contributed by atoms with Crippen molar-refractivity contribution >= 4 is 11.9 Å². The molecular formula is C16H16O8. The zero-order valence-electron chi connectivity index (χ0n) is 12.9. The first-order chi connectivity index (χ1) is 11.3. The first kappa shape index (κ1) is 18.6. The third kappa shape index (κ3) is 4.80. The van der Waals surface area contributed by atoms with Crippen molar-refractivity contribution in [3.05, 3.63) is 47.5 Å². The Morgan fingerprint density at radius 1 is 0.750 bits per heavy atom. The van der Waals surface area contributed by atoms with E-state index in [1.807, 2.05) is 0 Å². The van der Waals surface area contributed by atoms with Gasteiger partial charge in [-0.3, -0.25) is 0 Å². The largest absolute Gasteiger partial charge is 0.507 e. The number of phenols is 2. The lowest BCUT2D eigenvalue weighted by molar-refractivity contribution is 0.0682. The van der Waals surface area contributed by atoms with Crippen LogP contribution in [0.5, 0.6) is 23.0 Å². The molecule has 0 saturated carbocycles. The molecule has 8 heteroatoms. The summed E-state index contributed by atoms with van der Waals surface area (Å²) in [6.07, 6.45) is 0. The number of methoxy groups -OCH3 is 2. The fourth-order valence-corrected chi connectivity index (χ4v) is 1.63. The molecule has 0 aliphatic heterocycles. The minimum atomic E-state index is -1.17. The monoisotopic (exact) mass is 336 g/mol. The van der Waals surface area contributed by atoms with E-state index in [4.69, 9.17) is 29.9 Å². The second-order valence-corrected chi connectivity index (χ2v) is 4.38. The van der Waals surface area contributed by atoms with E-state index in [1.165, 1.54) is 50.6 Å². The van der Waals surface area contributed by atoms with Gasteiger partial charge in [-0.1, -0.05) is 0 Å². The molecule has 0 saturated heterocycles. The Morgan fingerprint density at radius 3 is 1.33 bits per heavy atom. The van der Waals surface area contributed by atoms with Crippen LogP contribution in [0.2, 0.25) is 0 Å². The molecule has 0 fully saturated rings. The van der Waals surface area contributed by atoms with Gasteiger partial charge in [0.15, 0.2) is 0 Å². The molecule has 24 heavy (non-hydrogen) atoms. The summed E-state index contributed by atoms with van der Waals surface area (Å²) in [5.74, 6) is -2.06. The van der Waals surface area contributed by atoms with Crippen LogP contribution in [0.1, 0.15) is 20.7 Å². The molecule has 0 aliphatic carbocycles. The lowest BCUT2D eigenvalue weighted by atomic mass is 10.2. The Kier molecular flexibility index (Phi) is 6.42. The van der Waals surface area contributed by atoms with Gasteiger partial charge in [0, 0.05) is 0 Å². The van der Waals surface area contributed by atoms with Crippen LogP contribution in [0.3, 0.4) is 0 Å². The van der Waals surface area contributed by atoms with Gasteiger partial charge in [0.25, 0.3) is 0 Å². The predicted molar refractivity (Wildman–Crippen MR) is 83.2 cm³/mol. The van der Waals surface area contributed by atoms with Gasteiger partial charge < -0.3 is 29.9 Å². The smallest absolute Gasteiger partial charge is 0.339 e. The SMILES string of the molecule is COc1ccc(O)c(C(=O)O)c1.COc1ccc(O)c(C(=O)O)c1. The molecule has 0 amide bonds. The molecule has 0 atom stereocenters. The number of carbonyl (C=O) groups is 2. The maximum atomic E-state index is 10.5. The molecule has 0 unspecified atom stereocenters. The Balaban J connectivity index is 0.000000240. The van der Waals surface area contributed by atoms with E-state index in [2.05, 4.69) is 0 Å². The first-order valence-electron chi connectivity index (χ1n) is 6.50. The minimum absolute atomic E-state index is 0.158. The van der Waals surface area contributed by atoms with Crippen LogP contribution in [0.4, 0.5) is 0 Å². The standard InChI is InChI=1S/2C8H8O4/c2*1-12-5-2-3-7(9)6(4-5)8(10)11/h2*2-4,9H,1H3,(H,10,11). The summed E-state index contributed by atoms with van der Waals surface area (Å²) < 4.78 is 9.57. The van der Waals surface area contributed by atoms with Gasteiger partial charge >= 0.3 is 11.9 Å². The van der Waals surface area contributed by atoms with Gasteiger partial charge in [-0.15, -0.1) is 0 Å². The first-order valence-corrected chi connectivity index (χ1v) is 6.50. The summed E-state index contributed by atoms with van der Waals surface area (Å²) in [5, 5.41) is 35.3. The van der Waals surface area contributed by atoms with Crippen molar-refractivity contribution in [2.75, 3.05) is 14.2 Å². The van der Waals surface area contributed by atoms with Gasteiger partial charge in [0.05, 0.1) is 14.2 Å². The number of aromatic carboxylic acids is 2. The van der Waals surface area contributed by atoms with Gasteiger partial charge in [0.1, 0.15) is 34.1 Å². The minimum Gasteiger partial charge on any atom is -0.507 e. The number of carboxylic acid groups (broad SMARTS) is 2. The summed E-state index contributed by atoms with van der Waals surface area (Å²) in [4.78, 5) is 20.9. The summed E-state index contributed by atoms with van der Waals surface area (Å²) in [5.41, 5.74) is -0.316.